The van der Waals surface area contributed by atoms with Crippen molar-refractivity contribution in [2.24, 2.45) is 0 Å². The molecule has 2 fully saturated rings. The van der Waals surface area contributed by atoms with E-state index in [4.69, 9.17) is 4.42 Å². The van der Waals surface area contributed by atoms with E-state index in [0.717, 1.165) is 39.3 Å². The second-order valence-corrected chi connectivity index (χ2v) is 4.66. The van der Waals surface area contributed by atoms with Crippen molar-refractivity contribution in [3.8, 4) is 0 Å². The average molecular weight is 235 g/mol. The maximum Gasteiger partial charge on any atom is 0.257 e. The van der Waals surface area contributed by atoms with E-state index < -0.39 is 0 Å². The number of carbonyl (C=O) groups is 1. The normalized spacial score (nSPS) is 22.5. The number of hydrogen-bond acceptors (Lipinski definition) is 4. The molecule has 92 valence electrons. The number of nitrogens with zero attached hydrogens (tertiary/aromatic N) is 2. The van der Waals surface area contributed by atoms with Crippen LogP contribution in [-0.4, -0.2) is 61.0 Å². The molecule has 1 N–H and O–H groups in total. The molecule has 1 amide bonds. The molecule has 5 nitrogen and oxygen atoms in total. The summed E-state index contributed by atoms with van der Waals surface area (Å²) in [6.45, 7) is 6.02. The van der Waals surface area contributed by atoms with Crippen LogP contribution in [0.5, 0.6) is 0 Å². The molecule has 3 heterocycles. The third-order valence-electron chi connectivity index (χ3n) is 3.59. The molecule has 0 radical (unpaired) electrons. The van der Waals surface area contributed by atoms with Gasteiger partial charge in [-0.2, -0.15) is 0 Å². The molecule has 5 heteroatoms. The van der Waals surface area contributed by atoms with Crippen molar-refractivity contribution < 1.29 is 9.21 Å². The van der Waals surface area contributed by atoms with Crippen LogP contribution in [0.15, 0.2) is 23.0 Å². The van der Waals surface area contributed by atoms with Gasteiger partial charge in [0.2, 0.25) is 0 Å². The molecule has 3 rings (SSSR count). The number of hydrogen-bond donors (Lipinski definition) is 1. The predicted octanol–water partition coefficient (Wildman–Crippen LogP) is 0.00920. The van der Waals surface area contributed by atoms with Crippen LogP contribution in [0.4, 0.5) is 0 Å². The molecule has 2 aliphatic rings. The molecule has 0 atom stereocenters. The van der Waals surface area contributed by atoms with Gasteiger partial charge in [-0.25, -0.2) is 0 Å². The molecule has 0 aliphatic carbocycles. The van der Waals surface area contributed by atoms with E-state index >= 15 is 0 Å². The molecule has 17 heavy (non-hydrogen) atoms. The van der Waals surface area contributed by atoms with Crippen molar-refractivity contribution in [3.63, 3.8) is 0 Å². The maximum absolute atomic E-state index is 12.0. The van der Waals surface area contributed by atoms with Gasteiger partial charge in [-0.05, 0) is 6.07 Å². The Bertz CT molecular complexity index is 378. The summed E-state index contributed by atoms with van der Waals surface area (Å²) in [5.74, 6) is 0.0881. The number of furan rings is 1. The van der Waals surface area contributed by atoms with Gasteiger partial charge in [-0.1, -0.05) is 0 Å². The number of likely N-dealkylation sites (tertiary alicyclic amines) is 1. The molecule has 0 aromatic carbocycles. The topological polar surface area (TPSA) is 48.7 Å². The van der Waals surface area contributed by atoms with Crippen LogP contribution < -0.4 is 5.32 Å². The van der Waals surface area contributed by atoms with Crippen molar-refractivity contribution in [2.75, 3.05) is 39.3 Å². The Morgan fingerprint density at radius 3 is 2.76 bits per heavy atom. The summed E-state index contributed by atoms with van der Waals surface area (Å²) >= 11 is 0. The Kier molecular flexibility index (Phi) is 2.86. The van der Waals surface area contributed by atoms with Crippen molar-refractivity contribution in [1.29, 1.82) is 0 Å². The predicted molar refractivity (Wildman–Crippen MR) is 62.8 cm³/mol. The minimum absolute atomic E-state index is 0.0881. The first-order valence-corrected chi connectivity index (χ1v) is 6.11. The maximum atomic E-state index is 12.0. The summed E-state index contributed by atoms with van der Waals surface area (Å²) in [5, 5.41) is 3.34. The minimum atomic E-state index is 0.0881. The average Bonchev–Trinajstić information content (AvgIpc) is 2.81. The van der Waals surface area contributed by atoms with E-state index in [2.05, 4.69) is 10.2 Å². The smallest absolute Gasteiger partial charge is 0.257 e. The molecular formula is C12H17N3O2. The second-order valence-electron chi connectivity index (χ2n) is 4.66. The van der Waals surface area contributed by atoms with Gasteiger partial charge in [-0.15, -0.1) is 0 Å². The highest BCUT2D eigenvalue weighted by atomic mass is 16.3. The Labute approximate surface area is 100 Å². The Hall–Kier alpha value is -1.33. The van der Waals surface area contributed by atoms with E-state index in [1.807, 2.05) is 4.90 Å². The summed E-state index contributed by atoms with van der Waals surface area (Å²) < 4.78 is 4.93. The van der Waals surface area contributed by atoms with Gasteiger partial charge >= 0.3 is 0 Å². The SMILES string of the molecule is O=C(c1ccoc1)N1CC(N2CCNCC2)C1. The van der Waals surface area contributed by atoms with Crippen molar-refractivity contribution in [2.45, 2.75) is 6.04 Å². The van der Waals surface area contributed by atoms with Gasteiger partial charge in [0, 0.05) is 45.3 Å². The number of nitrogens with one attached hydrogen (secondary N) is 1. The molecule has 1 aromatic heterocycles. The standard InChI is InChI=1S/C12H17N3O2/c16-12(10-1-6-17-9-10)15-7-11(8-15)14-4-2-13-3-5-14/h1,6,9,11,13H,2-5,7-8H2. The second kappa shape index (κ2) is 4.50. The van der Waals surface area contributed by atoms with E-state index in [1.54, 1.807) is 12.3 Å². The fourth-order valence-corrected chi connectivity index (χ4v) is 2.47. The lowest BCUT2D eigenvalue weighted by atomic mass is 10.1. The molecule has 1 aromatic rings. The molecule has 0 unspecified atom stereocenters. The van der Waals surface area contributed by atoms with Gasteiger partial charge in [0.15, 0.2) is 0 Å². The number of carbonyl (C=O) groups excluding carboxylic acids is 1. The van der Waals surface area contributed by atoms with E-state index in [0.29, 0.717) is 11.6 Å². The van der Waals surface area contributed by atoms with Crippen LogP contribution in [0.25, 0.3) is 0 Å². The van der Waals surface area contributed by atoms with E-state index in [-0.39, 0.29) is 5.91 Å². The van der Waals surface area contributed by atoms with Crippen LogP contribution in [0, 0.1) is 0 Å². The lowest BCUT2D eigenvalue weighted by Gasteiger charge is -2.46. The van der Waals surface area contributed by atoms with Crippen LogP contribution >= 0.6 is 0 Å². The van der Waals surface area contributed by atoms with Gasteiger partial charge < -0.3 is 14.6 Å². The largest absolute Gasteiger partial charge is 0.472 e. The van der Waals surface area contributed by atoms with Crippen molar-refractivity contribution in [3.05, 3.63) is 24.2 Å². The number of amides is 1. The zero-order chi connectivity index (χ0) is 11.7. The highest BCUT2D eigenvalue weighted by molar-refractivity contribution is 5.94. The van der Waals surface area contributed by atoms with Crippen molar-refractivity contribution >= 4 is 5.91 Å². The van der Waals surface area contributed by atoms with Crippen LogP contribution in [0.2, 0.25) is 0 Å². The van der Waals surface area contributed by atoms with Crippen molar-refractivity contribution in [1.82, 2.24) is 15.1 Å². The van der Waals surface area contributed by atoms with Gasteiger partial charge in [-0.3, -0.25) is 9.69 Å². The summed E-state index contributed by atoms with van der Waals surface area (Å²) in [4.78, 5) is 16.3. The monoisotopic (exact) mass is 235 g/mol. The molecule has 0 spiro atoms. The third kappa shape index (κ3) is 2.08. The molecular weight excluding hydrogens is 218 g/mol. The van der Waals surface area contributed by atoms with E-state index in [9.17, 15) is 4.79 Å². The van der Waals surface area contributed by atoms with Crippen LogP contribution in [0.1, 0.15) is 10.4 Å². The van der Waals surface area contributed by atoms with Gasteiger partial charge in [0.1, 0.15) is 6.26 Å². The van der Waals surface area contributed by atoms with Crippen LogP contribution in [0.3, 0.4) is 0 Å². The lowest BCUT2D eigenvalue weighted by molar-refractivity contribution is 0.0226. The summed E-state index contributed by atoms with van der Waals surface area (Å²) in [6.07, 6.45) is 3.06. The van der Waals surface area contributed by atoms with Gasteiger partial charge in [0.25, 0.3) is 5.91 Å². The molecule has 0 bridgehead atoms. The first kappa shape index (κ1) is 10.8. The molecule has 2 saturated heterocycles. The number of rotatable bonds is 2. The fourth-order valence-electron chi connectivity index (χ4n) is 2.47. The summed E-state index contributed by atoms with van der Waals surface area (Å²) in [7, 11) is 0. The Morgan fingerprint density at radius 2 is 2.12 bits per heavy atom. The molecule has 0 saturated carbocycles. The Morgan fingerprint density at radius 1 is 1.35 bits per heavy atom. The quantitative estimate of drug-likeness (QED) is 0.784. The zero-order valence-electron chi connectivity index (χ0n) is 9.76. The highest BCUT2D eigenvalue weighted by Gasteiger charge is 2.35. The zero-order valence-corrected chi connectivity index (χ0v) is 9.76. The lowest BCUT2D eigenvalue weighted by Crippen LogP contribution is -2.63. The highest BCUT2D eigenvalue weighted by Crippen LogP contribution is 2.18. The van der Waals surface area contributed by atoms with Crippen LogP contribution in [-0.2, 0) is 0 Å². The summed E-state index contributed by atoms with van der Waals surface area (Å²) in [5.41, 5.74) is 0.656. The minimum Gasteiger partial charge on any atom is -0.472 e. The Balaban J connectivity index is 1.52. The molecule has 2 aliphatic heterocycles. The first-order chi connectivity index (χ1) is 8.34. The van der Waals surface area contributed by atoms with Gasteiger partial charge in [0.05, 0.1) is 11.8 Å². The number of piperazine rings is 1. The summed E-state index contributed by atoms with van der Waals surface area (Å²) in [6, 6.07) is 2.27. The fraction of sp³-hybridized carbons (Fsp3) is 0.583. The van der Waals surface area contributed by atoms with E-state index in [1.165, 1.54) is 6.26 Å². The first-order valence-electron chi connectivity index (χ1n) is 6.11. The third-order valence-corrected chi connectivity index (χ3v) is 3.59.